The highest BCUT2D eigenvalue weighted by atomic mass is 35.5. The zero-order chi connectivity index (χ0) is 11.5. The number of aliphatic hydroxyl groups is 1. The van der Waals surface area contributed by atoms with Crippen molar-refractivity contribution in [2.24, 2.45) is 0 Å². The van der Waals surface area contributed by atoms with Gasteiger partial charge < -0.3 is 10.0 Å². The summed E-state index contributed by atoms with van der Waals surface area (Å²) in [4.78, 5) is 6.10. The third kappa shape index (κ3) is 2.11. The number of rotatable bonds is 1. The fourth-order valence-corrected chi connectivity index (χ4v) is 2.16. The Bertz CT molecular complexity index is 430. The average molecular weight is 238 g/mol. The molecule has 0 amide bonds. The summed E-state index contributed by atoms with van der Waals surface area (Å²) >= 11 is 6.08. The van der Waals surface area contributed by atoms with Crippen LogP contribution in [0.4, 0.5) is 5.82 Å². The second-order valence-electron chi connectivity index (χ2n) is 3.85. The molecule has 1 aliphatic rings. The zero-order valence-corrected chi connectivity index (χ0v) is 9.48. The highest BCUT2D eigenvalue weighted by molar-refractivity contribution is 6.34. The van der Waals surface area contributed by atoms with Crippen molar-refractivity contribution in [3.63, 3.8) is 0 Å². The van der Waals surface area contributed by atoms with E-state index in [2.05, 4.69) is 4.98 Å². The van der Waals surface area contributed by atoms with Crippen molar-refractivity contribution in [3.8, 4) is 6.07 Å². The van der Waals surface area contributed by atoms with Gasteiger partial charge in [0.25, 0.3) is 0 Å². The van der Waals surface area contributed by atoms with Gasteiger partial charge in [-0.1, -0.05) is 11.6 Å². The second kappa shape index (κ2) is 4.69. The minimum atomic E-state index is -0.336. The fourth-order valence-electron chi connectivity index (χ4n) is 1.89. The first-order valence-electron chi connectivity index (χ1n) is 5.20. The lowest BCUT2D eigenvalue weighted by atomic mass is 10.1. The molecule has 84 valence electrons. The Balaban J connectivity index is 2.30. The lowest BCUT2D eigenvalue weighted by Gasteiger charge is -2.31. The highest BCUT2D eigenvalue weighted by Crippen LogP contribution is 2.28. The molecule has 2 rings (SSSR count). The summed E-state index contributed by atoms with van der Waals surface area (Å²) in [5, 5.41) is 18.8. The van der Waals surface area contributed by atoms with Gasteiger partial charge in [-0.25, -0.2) is 4.98 Å². The van der Waals surface area contributed by atoms with Gasteiger partial charge in [0.05, 0.1) is 11.7 Å². The number of piperidine rings is 1. The van der Waals surface area contributed by atoms with E-state index in [0.29, 0.717) is 22.9 Å². The number of β-amino-alcohol motifs (C(OH)–C–C–N with tert-alkyl or cyclic N) is 1. The zero-order valence-electron chi connectivity index (χ0n) is 8.73. The van der Waals surface area contributed by atoms with Crippen LogP contribution >= 0.6 is 11.6 Å². The molecule has 1 unspecified atom stereocenters. The molecule has 0 saturated carbocycles. The second-order valence-corrected chi connectivity index (χ2v) is 4.23. The maximum atomic E-state index is 9.58. The summed E-state index contributed by atoms with van der Waals surface area (Å²) in [5.41, 5.74) is 0.423. The van der Waals surface area contributed by atoms with Crippen molar-refractivity contribution in [1.82, 2.24) is 4.98 Å². The van der Waals surface area contributed by atoms with E-state index in [9.17, 15) is 5.11 Å². The van der Waals surface area contributed by atoms with Crippen molar-refractivity contribution >= 4 is 17.4 Å². The topological polar surface area (TPSA) is 60.2 Å². The van der Waals surface area contributed by atoms with Crippen LogP contribution in [0.2, 0.25) is 5.02 Å². The van der Waals surface area contributed by atoms with E-state index in [0.717, 1.165) is 19.4 Å². The third-order valence-electron chi connectivity index (χ3n) is 2.69. The summed E-state index contributed by atoms with van der Waals surface area (Å²) < 4.78 is 0. The van der Waals surface area contributed by atoms with Gasteiger partial charge in [-0.15, -0.1) is 0 Å². The number of halogens is 1. The number of nitriles is 1. The molecule has 1 atom stereocenters. The molecular weight excluding hydrogens is 226 g/mol. The Hall–Kier alpha value is -1.31. The monoisotopic (exact) mass is 237 g/mol. The summed E-state index contributed by atoms with van der Waals surface area (Å²) in [6, 6.07) is 3.61. The molecule has 1 N–H and O–H groups in total. The molecule has 0 bridgehead atoms. The minimum Gasteiger partial charge on any atom is -0.391 e. The SMILES string of the molecule is N#Cc1ccnc(N2CCCC(O)C2)c1Cl. The van der Waals surface area contributed by atoms with Gasteiger partial charge in [0.1, 0.15) is 16.9 Å². The Kier molecular flexibility index (Phi) is 3.28. The van der Waals surface area contributed by atoms with Crippen molar-refractivity contribution in [2.45, 2.75) is 18.9 Å². The predicted octanol–water partition coefficient (Wildman–Crippen LogP) is 1.57. The Morgan fingerprint density at radius 3 is 3.12 bits per heavy atom. The van der Waals surface area contributed by atoms with Gasteiger partial charge in [0.15, 0.2) is 0 Å². The predicted molar refractivity (Wildman–Crippen MR) is 61.4 cm³/mol. The largest absolute Gasteiger partial charge is 0.391 e. The first-order chi connectivity index (χ1) is 7.72. The summed E-state index contributed by atoms with van der Waals surface area (Å²) in [7, 11) is 0. The molecule has 16 heavy (non-hydrogen) atoms. The molecule has 1 saturated heterocycles. The lowest BCUT2D eigenvalue weighted by molar-refractivity contribution is 0.154. The van der Waals surface area contributed by atoms with E-state index in [1.165, 1.54) is 0 Å². The standard InChI is InChI=1S/C11H12ClN3O/c12-10-8(6-13)3-4-14-11(10)15-5-1-2-9(16)7-15/h3-4,9,16H,1-2,5,7H2. The maximum absolute atomic E-state index is 9.58. The van der Waals surface area contributed by atoms with Gasteiger partial charge in [-0.05, 0) is 18.9 Å². The van der Waals surface area contributed by atoms with Gasteiger partial charge in [0, 0.05) is 19.3 Å². The van der Waals surface area contributed by atoms with Crippen LogP contribution in [0, 0.1) is 11.3 Å². The van der Waals surface area contributed by atoms with E-state index in [1.54, 1.807) is 12.3 Å². The number of hydrogen-bond acceptors (Lipinski definition) is 4. The smallest absolute Gasteiger partial charge is 0.148 e. The summed E-state index contributed by atoms with van der Waals surface area (Å²) in [6.45, 7) is 1.35. The third-order valence-corrected chi connectivity index (χ3v) is 3.06. The number of aliphatic hydroxyl groups excluding tert-OH is 1. The lowest BCUT2D eigenvalue weighted by Crippen LogP contribution is -2.38. The van der Waals surface area contributed by atoms with Crippen LogP contribution in [-0.4, -0.2) is 29.3 Å². The molecule has 0 radical (unpaired) electrons. The average Bonchev–Trinajstić information content (AvgIpc) is 2.29. The molecule has 0 aromatic carbocycles. The maximum Gasteiger partial charge on any atom is 0.148 e. The highest BCUT2D eigenvalue weighted by Gasteiger charge is 2.21. The van der Waals surface area contributed by atoms with Gasteiger partial charge in [-0.3, -0.25) is 0 Å². The van der Waals surface area contributed by atoms with E-state index >= 15 is 0 Å². The molecule has 1 aromatic rings. The van der Waals surface area contributed by atoms with Gasteiger partial charge in [0.2, 0.25) is 0 Å². The first-order valence-corrected chi connectivity index (χ1v) is 5.58. The molecule has 4 nitrogen and oxygen atoms in total. The Morgan fingerprint density at radius 2 is 2.44 bits per heavy atom. The molecule has 1 fully saturated rings. The van der Waals surface area contributed by atoms with Crippen molar-refractivity contribution in [2.75, 3.05) is 18.0 Å². The number of anilines is 1. The molecule has 5 heteroatoms. The number of nitrogens with zero attached hydrogens (tertiary/aromatic N) is 3. The van der Waals surface area contributed by atoms with Crippen LogP contribution in [0.15, 0.2) is 12.3 Å². The van der Waals surface area contributed by atoms with Crippen LogP contribution in [0.5, 0.6) is 0 Å². The van der Waals surface area contributed by atoms with Crippen LogP contribution < -0.4 is 4.90 Å². The van der Waals surface area contributed by atoms with Crippen molar-refractivity contribution in [3.05, 3.63) is 22.8 Å². The van der Waals surface area contributed by atoms with Crippen LogP contribution in [-0.2, 0) is 0 Å². The molecular formula is C11H12ClN3O. The van der Waals surface area contributed by atoms with Crippen LogP contribution in [0.3, 0.4) is 0 Å². The Morgan fingerprint density at radius 1 is 1.62 bits per heavy atom. The van der Waals surface area contributed by atoms with E-state index < -0.39 is 0 Å². The van der Waals surface area contributed by atoms with Crippen LogP contribution in [0.1, 0.15) is 18.4 Å². The molecule has 0 spiro atoms. The van der Waals surface area contributed by atoms with Gasteiger partial charge in [-0.2, -0.15) is 5.26 Å². The number of hydrogen-bond donors (Lipinski definition) is 1. The van der Waals surface area contributed by atoms with Gasteiger partial charge >= 0.3 is 0 Å². The summed E-state index contributed by atoms with van der Waals surface area (Å²) in [5.74, 6) is 0.597. The molecule has 1 aliphatic heterocycles. The Labute approximate surface area is 99.1 Å². The van der Waals surface area contributed by atoms with E-state index in [-0.39, 0.29) is 6.10 Å². The van der Waals surface area contributed by atoms with Crippen LogP contribution in [0.25, 0.3) is 0 Å². The quantitative estimate of drug-likeness (QED) is 0.806. The fraction of sp³-hybridized carbons (Fsp3) is 0.455. The minimum absolute atomic E-state index is 0.336. The molecule has 0 aliphatic carbocycles. The van der Waals surface area contributed by atoms with Crippen molar-refractivity contribution in [1.29, 1.82) is 5.26 Å². The number of pyridine rings is 1. The normalized spacial score (nSPS) is 20.6. The van der Waals surface area contributed by atoms with E-state index in [4.69, 9.17) is 16.9 Å². The van der Waals surface area contributed by atoms with E-state index in [1.807, 2.05) is 11.0 Å². The molecule has 1 aromatic heterocycles. The first kappa shape index (κ1) is 11.2. The molecule has 2 heterocycles. The van der Waals surface area contributed by atoms with Crippen molar-refractivity contribution < 1.29 is 5.11 Å². The number of aromatic nitrogens is 1. The summed E-state index contributed by atoms with van der Waals surface area (Å²) in [6.07, 6.45) is 2.96.